The molecule has 0 spiro atoms. The molecule has 1 aromatic rings. The lowest BCUT2D eigenvalue weighted by molar-refractivity contribution is -0.939. The molecule has 0 N–H and O–H groups in total. The average molecular weight is 323 g/mol. The number of halogens is 1. The van der Waals surface area contributed by atoms with Crippen molar-refractivity contribution in [3.63, 3.8) is 0 Å². The normalized spacial score (nSPS) is 12.8. The molecule has 1 rings (SSSR count). The summed E-state index contributed by atoms with van der Waals surface area (Å²) in [5.74, 6) is -0.325. The van der Waals surface area contributed by atoms with Gasteiger partial charge in [-0.25, -0.2) is 4.79 Å². The molecule has 3 nitrogen and oxygen atoms in total. The maximum absolute atomic E-state index is 11.0. The first-order valence-corrected chi connectivity index (χ1v) is 8.34. The van der Waals surface area contributed by atoms with Crippen LogP contribution in [0.15, 0.2) is 43.0 Å². The van der Waals surface area contributed by atoms with E-state index in [1.165, 1.54) is 24.6 Å². The number of rotatable bonds is 11. The third kappa shape index (κ3) is 7.93. The van der Waals surface area contributed by atoms with Gasteiger partial charge in [-0.2, -0.15) is 0 Å². The van der Waals surface area contributed by atoms with E-state index in [0.29, 0.717) is 6.61 Å². The third-order valence-corrected chi connectivity index (χ3v) is 4.17. The standard InChI is InChI=1S/C19H30NO2.FH/c1-4-14-20(6-3,17-18-12-8-7-9-13-18)15-10-11-16-22-19(21)5-2;/h5,7-9,12-13H,2,4,6,10-11,14-17H2,1,3H3;1H/q+1;/p-1. The van der Waals surface area contributed by atoms with Crippen LogP contribution in [-0.4, -0.2) is 36.7 Å². The van der Waals surface area contributed by atoms with Crippen LogP contribution in [0.2, 0.25) is 0 Å². The number of unbranched alkanes of at least 4 members (excludes halogenated alkanes) is 1. The second-order valence-corrected chi connectivity index (χ2v) is 5.83. The van der Waals surface area contributed by atoms with Gasteiger partial charge in [0.05, 0.1) is 26.2 Å². The summed E-state index contributed by atoms with van der Waals surface area (Å²) in [5.41, 5.74) is 1.40. The van der Waals surface area contributed by atoms with E-state index in [-0.39, 0.29) is 10.7 Å². The lowest BCUT2D eigenvalue weighted by Crippen LogP contribution is -3.00. The minimum absolute atomic E-state index is 0. The van der Waals surface area contributed by atoms with E-state index < -0.39 is 0 Å². The molecule has 0 bridgehead atoms. The summed E-state index contributed by atoms with van der Waals surface area (Å²) in [7, 11) is 0. The van der Waals surface area contributed by atoms with Gasteiger partial charge in [0, 0.05) is 11.6 Å². The smallest absolute Gasteiger partial charge is 0.330 e. The molecule has 0 radical (unpaired) electrons. The molecule has 0 aliphatic carbocycles. The van der Waals surface area contributed by atoms with E-state index in [0.717, 1.165) is 37.0 Å². The highest BCUT2D eigenvalue weighted by atomic mass is 19.0. The number of carbonyl (C=O) groups excluding carboxylic acids is 1. The molecule has 4 heteroatoms. The first kappa shape index (κ1) is 21.3. The minimum Gasteiger partial charge on any atom is -1.00 e. The van der Waals surface area contributed by atoms with E-state index in [2.05, 4.69) is 50.8 Å². The number of hydrogen-bond donors (Lipinski definition) is 0. The summed E-state index contributed by atoms with van der Waals surface area (Å²) in [6.07, 6.45) is 4.40. The Kier molecular flexibility index (Phi) is 11.0. The average Bonchev–Trinajstić information content (AvgIpc) is 2.55. The van der Waals surface area contributed by atoms with Gasteiger partial charge in [-0.05, 0) is 26.2 Å². The Morgan fingerprint density at radius 2 is 1.87 bits per heavy atom. The molecule has 0 amide bonds. The van der Waals surface area contributed by atoms with Gasteiger partial charge >= 0.3 is 5.97 Å². The first-order chi connectivity index (χ1) is 10.7. The van der Waals surface area contributed by atoms with Crippen LogP contribution in [0.5, 0.6) is 0 Å². The van der Waals surface area contributed by atoms with Crippen LogP contribution in [0.25, 0.3) is 0 Å². The number of nitrogens with zero attached hydrogens (tertiary/aromatic N) is 1. The summed E-state index contributed by atoms with van der Waals surface area (Å²) in [6, 6.07) is 10.7. The molecule has 0 aromatic heterocycles. The van der Waals surface area contributed by atoms with Crippen molar-refractivity contribution in [3.05, 3.63) is 48.6 Å². The first-order valence-electron chi connectivity index (χ1n) is 8.34. The molecule has 1 atom stereocenters. The number of benzene rings is 1. The highest BCUT2D eigenvalue weighted by Gasteiger charge is 2.24. The number of esters is 1. The van der Waals surface area contributed by atoms with Crippen LogP contribution in [-0.2, 0) is 16.1 Å². The topological polar surface area (TPSA) is 26.3 Å². The van der Waals surface area contributed by atoms with Crippen molar-refractivity contribution in [2.75, 3.05) is 26.2 Å². The SMILES string of the molecule is C=CC(=O)OCCCC[N+](CC)(CCC)Cc1ccccc1.[F-]. The van der Waals surface area contributed by atoms with E-state index >= 15 is 0 Å². The fourth-order valence-corrected chi connectivity index (χ4v) is 2.92. The molecule has 1 aromatic carbocycles. The molecule has 0 aliphatic heterocycles. The zero-order valence-corrected chi connectivity index (χ0v) is 14.5. The Balaban J connectivity index is 0.00000484. The van der Waals surface area contributed by atoms with Crippen molar-refractivity contribution in [1.82, 2.24) is 0 Å². The molecular formula is C19H30FNO2. The number of ether oxygens (including phenoxy) is 1. The summed E-state index contributed by atoms with van der Waals surface area (Å²) in [4.78, 5) is 11.0. The van der Waals surface area contributed by atoms with Gasteiger partial charge < -0.3 is 13.9 Å². The zero-order valence-electron chi connectivity index (χ0n) is 14.5. The summed E-state index contributed by atoms with van der Waals surface area (Å²) in [5, 5.41) is 0. The third-order valence-electron chi connectivity index (χ3n) is 4.17. The van der Waals surface area contributed by atoms with Gasteiger partial charge in [0.2, 0.25) is 0 Å². The van der Waals surface area contributed by atoms with Gasteiger partial charge in [-0.15, -0.1) is 0 Å². The fourth-order valence-electron chi connectivity index (χ4n) is 2.92. The van der Waals surface area contributed by atoms with Crippen molar-refractivity contribution in [3.8, 4) is 0 Å². The summed E-state index contributed by atoms with van der Waals surface area (Å²) < 4.78 is 6.16. The zero-order chi connectivity index (χ0) is 16.3. The Morgan fingerprint density at radius 1 is 1.17 bits per heavy atom. The van der Waals surface area contributed by atoms with Crippen LogP contribution in [0.3, 0.4) is 0 Å². The van der Waals surface area contributed by atoms with E-state index in [4.69, 9.17) is 4.74 Å². The van der Waals surface area contributed by atoms with E-state index in [1.54, 1.807) is 0 Å². The quantitative estimate of drug-likeness (QED) is 0.262. The van der Waals surface area contributed by atoms with Crippen molar-refractivity contribution < 1.29 is 18.7 Å². The Hall–Kier alpha value is -1.68. The van der Waals surface area contributed by atoms with Gasteiger partial charge in [0.25, 0.3) is 0 Å². The summed E-state index contributed by atoms with van der Waals surface area (Å²) in [6.45, 7) is 13.0. The maximum Gasteiger partial charge on any atom is 0.330 e. The fraction of sp³-hybridized carbons (Fsp3) is 0.526. The highest BCUT2D eigenvalue weighted by molar-refractivity contribution is 5.81. The van der Waals surface area contributed by atoms with Gasteiger partial charge in [0.1, 0.15) is 6.54 Å². The van der Waals surface area contributed by atoms with Crippen molar-refractivity contribution in [2.45, 2.75) is 39.7 Å². The second-order valence-electron chi connectivity index (χ2n) is 5.83. The number of quaternary nitrogens is 1. The van der Waals surface area contributed by atoms with E-state index in [1.807, 2.05) is 0 Å². The van der Waals surface area contributed by atoms with Crippen molar-refractivity contribution in [2.24, 2.45) is 0 Å². The minimum atomic E-state index is -0.325. The number of carbonyl (C=O) groups is 1. The molecule has 0 aliphatic rings. The second kappa shape index (κ2) is 11.8. The van der Waals surface area contributed by atoms with Crippen LogP contribution in [0, 0.1) is 0 Å². The molecule has 23 heavy (non-hydrogen) atoms. The summed E-state index contributed by atoms with van der Waals surface area (Å²) >= 11 is 0. The molecular weight excluding hydrogens is 293 g/mol. The van der Waals surface area contributed by atoms with Gasteiger partial charge in [-0.3, -0.25) is 0 Å². The molecule has 1 unspecified atom stereocenters. The highest BCUT2D eigenvalue weighted by Crippen LogP contribution is 2.17. The Bertz CT molecular complexity index is 450. The van der Waals surface area contributed by atoms with Crippen LogP contribution >= 0.6 is 0 Å². The Labute approximate surface area is 139 Å². The Morgan fingerprint density at radius 3 is 2.43 bits per heavy atom. The van der Waals surface area contributed by atoms with Crippen LogP contribution in [0.1, 0.15) is 38.7 Å². The lowest BCUT2D eigenvalue weighted by atomic mass is 10.1. The predicted molar refractivity (Wildman–Crippen MR) is 91.4 cm³/mol. The molecule has 0 saturated carbocycles. The van der Waals surface area contributed by atoms with Gasteiger partial charge in [-0.1, -0.05) is 43.8 Å². The van der Waals surface area contributed by atoms with Gasteiger partial charge in [0.15, 0.2) is 0 Å². The molecule has 130 valence electrons. The molecule has 0 fully saturated rings. The molecule has 0 saturated heterocycles. The van der Waals surface area contributed by atoms with Crippen molar-refractivity contribution >= 4 is 5.97 Å². The number of hydrogen-bond acceptors (Lipinski definition) is 2. The van der Waals surface area contributed by atoms with Crippen molar-refractivity contribution in [1.29, 1.82) is 0 Å². The molecule has 0 heterocycles. The predicted octanol–water partition coefficient (Wildman–Crippen LogP) is 0.947. The van der Waals surface area contributed by atoms with Crippen LogP contribution in [0.4, 0.5) is 0 Å². The van der Waals surface area contributed by atoms with E-state index in [9.17, 15) is 4.79 Å². The van der Waals surface area contributed by atoms with Crippen LogP contribution < -0.4 is 4.70 Å². The maximum atomic E-state index is 11.0. The largest absolute Gasteiger partial charge is 1.00 e. The monoisotopic (exact) mass is 323 g/mol. The lowest BCUT2D eigenvalue weighted by Gasteiger charge is -2.38.